The average molecular weight is 135 g/mol. The second-order valence-corrected chi connectivity index (χ2v) is 2.06. The molecule has 0 fully saturated rings. The van der Waals surface area contributed by atoms with Gasteiger partial charge in [0.2, 0.25) is 0 Å². The molecule has 1 aromatic carbocycles. The normalized spacial score (nSPS) is 13.8. The van der Waals surface area contributed by atoms with Gasteiger partial charge in [0.15, 0.2) is 0 Å². The van der Waals surface area contributed by atoms with Crippen LogP contribution in [0.4, 0.5) is 0 Å². The summed E-state index contributed by atoms with van der Waals surface area (Å²) in [6, 6.07) is 9.58. The van der Waals surface area contributed by atoms with Gasteiger partial charge in [-0.2, -0.15) is 0 Å². The third kappa shape index (κ3) is 2.02. The number of aryl methyl sites for hydroxylation is 1. The van der Waals surface area contributed by atoms with Crippen LogP contribution in [0.1, 0.15) is 13.3 Å². The molecule has 1 heteroatoms. The Hall–Kier alpha value is -1.11. The summed E-state index contributed by atoms with van der Waals surface area (Å²) in [7, 11) is 0. The molecule has 0 aliphatic carbocycles. The third-order valence-electron chi connectivity index (χ3n) is 1.29. The molecule has 1 rings (SSSR count). The summed E-state index contributed by atoms with van der Waals surface area (Å²) in [5.41, 5.74) is 1.04. The van der Waals surface area contributed by atoms with Crippen molar-refractivity contribution < 1.29 is 6.17 Å². The van der Waals surface area contributed by atoms with E-state index in [1.807, 2.05) is 30.3 Å². The minimum absolute atomic E-state index is 0.518. The highest BCUT2D eigenvalue weighted by molar-refractivity contribution is 5.49. The quantitative estimate of drug-likeness (QED) is 0.578. The summed E-state index contributed by atoms with van der Waals surface area (Å²) >= 11 is 0. The molecule has 0 saturated heterocycles. The first kappa shape index (κ1) is 5.66. The van der Waals surface area contributed by atoms with Crippen molar-refractivity contribution in [3.8, 4) is 0 Å². The smallest absolute Gasteiger partial charge is 0.120 e. The monoisotopic (exact) mass is 135 g/mol. The minimum atomic E-state index is -0.614. The summed E-state index contributed by atoms with van der Waals surface area (Å²) in [4.78, 5) is 10.1. The highest BCUT2D eigenvalue weighted by atomic mass is 16.1. The van der Waals surface area contributed by atoms with Gasteiger partial charge in [-0.05, 0) is 12.0 Å². The largest absolute Gasteiger partial charge is 0.303 e. The molecule has 52 valence electrons. The zero-order valence-corrected chi connectivity index (χ0v) is 5.66. The highest BCUT2D eigenvalue weighted by Crippen LogP contribution is 1.99. The lowest BCUT2D eigenvalue weighted by atomic mass is 10.1. The van der Waals surface area contributed by atoms with E-state index in [1.54, 1.807) is 0 Å². The standard InChI is InChI=1S/C9H10O/c10-8-4-7-9-5-2-1-3-6-9/h1-3,5-6,8H,4,7H2/i4D. The summed E-state index contributed by atoms with van der Waals surface area (Å²) in [5.74, 6) is 0. The molecule has 1 nitrogen and oxygen atoms in total. The number of hydrogen-bond donors (Lipinski definition) is 0. The number of carbonyl (C=O) groups is 1. The Morgan fingerprint density at radius 1 is 1.40 bits per heavy atom. The minimum Gasteiger partial charge on any atom is -0.303 e. The van der Waals surface area contributed by atoms with Gasteiger partial charge < -0.3 is 4.79 Å². The molecule has 0 N–H and O–H groups in total. The van der Waals surface area contributed by atoms with Crippen LogP contribution < -0.4 is 0 Å². The number of hydrogen-bond acceptors (Lipinski definition) is 1. The molecule has 1 aromatic rings. The number of carbonyl (C=O) groups excluding carboxylic acids is 1. The fourth-order valence-corrected chi connectivity index (χ4v) is 0.798. The zero-order chi connectivity index (χ0) is 8.10. The summed E-state index contributed by atoms with van der Waals surface area (Å²) in [6.45, 7) is 0. The fourth-order valence-electron chi connectivity index (χ4n) is 0.798. The van der Waals surface area contributed by atoms with Gasteiger partial charge in [0.1, 0.15) is 6.29 Å². The Bertz CT molecular complexity index is 220. The van der Waals surface area contributed by atoms with Gasteiger partial charge in [-0.15, -0.1) is 0 Å². The van der Waals surface area contributed by atoms with E-state index >= 15 is 0 Å². The summed E-state index contributed by atoms with van der Waals surface area (Å²) < 4.78 is 7.19. The van der Waals surface area contributed by atoms with Gasteiger partial charge in [-0.25, -0.2) is 0 Å². The zero-order valence-electron chi connectivity index (χ0n) is 6.66. The second kappa shape index (κ2) is 3.83. The van der Waals surface area contributed by atoms with E-state index < -0.39 is 6.40 Å². The van der Waals surface area contributed by atoms with Crippen LogP contribution in [0.5, 0.6) is 0 Å². The molecule has 1 atom stereocenters. The van der Waals surface area contributed by atoms with Crippen LogP contribution in [-0.2, 0) is 11.2 Å². The number of aldehydes is 1. The number of rotatable bonds is 3. The van der Waals surface area contributed by atoms with E-state index in [4.69, 9.17) is 1.37 Å². The summed E-state index contributed by atoms with van der Waals surface area (Å²) in [6.07, 6.45) is 0.564. The Labute approximate surface area is 62.1 Å². The van der Waals surface area contributed by atoms with Crippen molar-refractivity contribution in [3.63, 3.8) is 0 Å². The van der Waals surface area contributed by atoms with Crippen molar-refractivity contribution in [2.75, 3.05) is 0 Å². The Kier molecular flexibility index (Phi) is 2.17. The molecular formula is C9H10O. The van der Waals surface area contributed by atoms with Gasteiger partial charge in [0.25, 0.3) is 0 Å². The van der Waals surface area contributed by atoms with Gasteiger partial charge in [0.05, 0.1) is 0 Å². The predicted molar refractivity (Wildman–Crippen MR) is 40.8 cm³/mol. The van der Waals surface area contributed by atoms with Crippen LogP contribution in [0.2, 0.25) is 0 Å². The van der Waals surface area contributed by atoms with Crippen molar-refractivity contribution in [2.24, 2.45) is 0 Å². The molecule has 0 aliphatic heterocycles. The molecule has 0 radical (unpaired) electrons. The van der Waals surface area contributed by atoms with E-state index in [9.17, 15) is 4.79 Å². The molecule has 0 aromatic heterocycles. The maximum absolute atomic E-state index is 10.1. The Morgan fingerprint density at radius 3 is 2.70 bits per heavy atom. The molecular weight excluding hydrogens is 124 g/mol. The van der Waals surface area contributed by atoms with Crippen molar-refractivity contribution in [3.05, 3.63) is 35.9 Å². The first-order chi connectivity index (χ1) is 5.33. The second-order valence-electron chi connectivity index (χ2n) is 2.06. The van der Waals surface area contributed by atoms with E-state index in [-0.39, 0.29) is 0 Å². The molecule has 1 unspecified atom stereocenters. The maximum atomic E-state index is 10.1. The van der Waals surface area contributed by atoms with Crippen LogP contribution >= 0.6 is 0 Å². The van der Waals surface area contributed by atoms with Crippen LogP contribution in [0.3, 0.4) is 0 Å². The van der Waals surface area contributed by atoms with Crippen molar-refractivity contribution >= 4 is 6.29 Å². The lowest BCUT2D eigenvalue weighted by molar-refractivity contribution is -0.107. The van der Waals surface area contributed by atoms with Crippen LogP contribution in [0.15, 0.2) is 30.3 Å². The van der Waals surface area contributed by atoms with Crippen molar-refractivity contribution in [1.29, 1.82) is 0 Å². The van der Waals surface area contributed by atoms with Crippen molar-refractivity contribution in [1.82, 2.24) is 0 Å². The third-order valence-corrected chi connectivity index (χ3v) is 1.29. The Balaban J connectivity index is 2.57. The topological polar surface area (TPSA) is 17.1 Å². The lowest BCUT2D eigenvalue weighted by Crippen LogP contribution is -1.83. The molecule has 0 heterocycles. The predicted octanol–water partition coefficient (Wildman–Crippen LogP) is 1.82. The maximum Gasteiger partial charge on any atom is 0.120 e. The molecule has 0 spiro atoms. The molecule has 0 saturated carbocycles. The summed E-state index contributed by atoms with van der Waals surface area (Å²) in [5, 5.41) is 0. The van der Waals surface area contributed by atoms with E-state index in [2.05, 4.69) is 0 Å². The van der Waals surface area contributed by atoms with Crippen LogP contribution in [-0.4, -0.2) is 6.29 Å². The van der Waals surface area contributed by atoms with E-state index in [0.29, 0.717) is 12.7 Å². The first-order valence-corrected chi connectivity index (χ1v) is 3.24. The molecule has 0 aliphatic rings. The van der Waals surface area contributed by atoms with Gasteiger partial charge in [-0.1, -0.05) is 30.3 Å². The lowest BCUT2D eigenvalue weighted by Gasteiger charge is -1.93. The molecule has 0 amide bonds. The van der Waals surface area contributed by atoms with E-state index in [1.165, 1.54) is 0 Å². The molecule has 10 heavy (non-hydrogen) atoms. The first-order valence-electron chi connectivity index (χ1n) is 3.82. The Morgan fingerprint density at radius 2 is 2.10 bits per heavy atom. The van der Waals surface area contributed by atoms with Gasteiger partial charge in [0, 0.05) is 7.77 Å². The van der Waals surface area contributed by atoms with Crippen LogP contribution in [0.25, 0.3) is 0 Å². The van der Waals surface area contributed by atoms with Crippen molar-refractivity contribution in [2.45, 2.75) is 12.8 Å². The van der Waals surface area contributed by atoms with Gasteiger partial charge >= 0.3 is 0 Å². The highest BCUT2D eigenvalue weighted by Gasteiger charge is 1.87. The van der Waals surface area contributed by atoms with E-state index in [0.717, 1.165) is 5.56 Å². The van der Waals surface area contributed by atoms with Crippen LogP contribution in [0, 0.1) is 0 Å². The number of benzene rings is 1. The fraction of sp³-hybridized carbons (Fsp3) is 0.222. The molecule has 0 bridgehead atoms. The SMILES string of the molecule is [2H]C(C=O)Cc1ccccc1. The van der Waals surface area contributed by atoms with Gasteiger partial charge in [-0.3, -0.25) is 0 Å². The average Bonchev–Trinajstić information content (AvgIpc) is 2.06.